The van der Waals surface area contributed by atoms with E-state index in [2.05, 4.69) is 13.8 Å². The van der Waals surface area contributed by atoms with Crippen molar-refractivity contribution in [2.24, 2.45) is 11.3 Å². The maximum Gasteiger partial charge on any atom is 0.229 e. The summed E-state index contributed by atoms with van der Waals surface area (Å²) >= 11 is 5.51. The molecule has 0 bridgehead atoms. The predicted octanol–water partition coefficient (Wildman–Crippen LogP) is 2.89. The van der Waals surface area contributed by atoms with E-state index in [1.165, 1.54) is 30.4 Å². The number of halogens is 1. The molecule has 0 amide bonds. The molecule has 0 radical (unpaired) electrons. The van der Waals surface area contributed by atoms with Gasteiger partial charge < -0.3 is 0 Å². The quantitative estimate of drug-likeness (QED) is 0.453. The highest BCUT2D eigenvalue weighted by Crippen LogP contribution is 2.62. The Morgan fingerprint density at radius 1 is 1.50 bits per heavy atom. The molecule has 2 aliphatic rings. The SMILES string of the molecule is CC1(C)C(=C2CCC2)[C@@H]1C(=O)Cl. The van der Waals surface area contributed by atoms with Gasteiger partial charge in [0.2, 0.25) is 5.24 Å². The zero-order valence-corrected chi connectivity index (χ0v) is 8.24. The van der Waals surface area contributed by atoms with Gasteiger partial charge in [-0.3, -0.25) is 4.79 Å². The Hall–Kier alpha value is -0.300. The molecule has 12 heavy (non-hydrogen) atoms. The van der Waals surface area contributed by atoms with Crippen molar-refractivity contribution >= 4 is 16.8 Å². The Balaban J connectivity index is 2.26. The van der Waals surface area contributed by atoms with Gasteiger partial charge in [0, 0.05) is 5.41 Å². The fourth-order valence-corrected chi connectivity index (χ4v) is 2.61. The van der Waals surface area contributed by atoms with Crippen molar-refractivity contribution in [1.29, 1.82) is 0 Å². The average molecular weight is 185 g/mol. The van der Waals surface area contributed by atoms with E-state index in [0.29, 0.717) is 0 Å². The van der Waals surface area contributed by atoms with Gasteiger partial charge in [0.15, 0.2) is 0 Å². The van der Waals surface area contributed by atoms with Crippen LogP contribution in [0.15, 0.2) is 11.1 Å². The minimum absolute atomic E-state index is 0.0365. The lowest BCUT2D eigenvalue weighted by Crippen LogP contribution is -1.98. The van der Waals surface area contributed by atoms with Crippen LogP contribution in [0.4, 0.5) is 0 Å². The third-order valence-corrected chi connectivity index (χ3v) is 3.40. The number of hydrogen-bond donors (Lipinski definition) is 0. The molecular weight excluding hydrogens is 172 g/mol. The van der Waals surface area contributed by atoms with E-state index in [9.17, 15) is 4.79 Å². The number of carbonyl (C=O) groups is 1. The van der Waals surface area contributed by atoms with Crippen molar-refractivity contribution in [2.75, 3.05) is 0 Å². The molecule has 2 aliphatic carbocycles. The van der Waals surface area contributed by atoms with E-state index in [1.807, 2.05) is 0 Å². The minimum atomic E-state index is -0.172. The summed E-state index contributed by atoms with van der Waals surface area (Å²) in [5, 5.41) is -0.172. The van der Waals surface area contributed by atoms with Gasteiger partial charge in [-0.2, -0.15) is 0 Å². The smallest absolute Gasteiger partial charge is 0.229 e. The number of hydrogen-bond acceptors (Lipinski definition) is 1. The highest BCUT2D eigenvalue weighted by atomic mass is 35.5. The van der Waals surface area contributed by atoms with E-state index < -0.39 is 0 Å². The maximum atomic E-state index is 11.0. The van der Waals surface area contributed by atoms with Crippen LogP contribution >= 0.6 is 11.6 Å². The Morgan fingerprint density at radius 3 is 2.33 bits per heavy atom. The molecule has 66 valence electrons. The first-order valence-electron chi connectivity index (χ1n) is 4.47. The van der Waals surface area contributed by atoms with Crippen molar-refractivity contribution in [2.45, 2.75) is 33.1 Å². The van der Waals surface area contributed by atoms with Crippen LogP contribution < -0.4 is 0 Å². The number of rotatable bonds is 1. The second-order valence-corrected chi connectivity index (χ2v) is 4.70. The number of allylic oxidation sites excluding steroid dienone is 2. The molecule has 0 aromatic heterocycles. The molecule has 0 saturated heterocycles. The van der Waals surface area contributed by atoms with Crippen LogP contribution in [-0.4, -0.2) is 5.24 Å². The molecule has 0 aliphatic heterocycles. The summed E-state index contributed by atoms with van der Waals surface area (Å²) < 4.78 is 0. The van der Waals surface area contributed by atoms with Crippen LogP contribution in [0.25, 0.3) is 0 Å². The molecule has 1 atom stereocenters. The molecule has 0 unspecified atom stereocenters. The third-order valence-electron chi connectivity index (χ3n) is 3.19. The summed E-state index contributed by atoms with van der Waals surface area (Å²) in [5.74, 6) is 0.0365. The first kappa shape index (κ1) is 8.31. The minimum Gasteiger partial charge on any atom is -0.281 e. The van der Waals surface area contributed by atoms with E-state index in [4.69, 9.17) is 11.6 Å². The summed E-state index contributed by atoms with van der Waals surface area (Å²) in [7, 11) is 0. The molecule has 2 saturated carbocycles. The van der Waals surface area contributed by atoms with Gasteiger partial charge in [-0.1, -0.05) is 25.0 Å². The molecule has 0 heterocycles. The van der Waals surface area contributed by atoms with Gasteiger partial charge in [-0.15, -0.1) is 0 Å². The van der Waals surface area contributed by atoms with Gasteiger partial charge in [-0.25, -0.2) is 0 Å². The van der Waals surface area contributed by atoms with Gasteiger partial charge in [0.05, 0.1) is 5.92 Å². The van der Waals surface area contributed by atoms with Crippen LogP contribution in [0.5, 0.6) is 0 Å². The lowest BCUT2D eigenvalue weighted by Gasteiger charge is -2.16. The Bertz CT molecular complexity index is 270. The molecular formula is C10H13ClO. The molecule has 2 heteroatoms. The Kier molecular flexibility index (Phi) is 1.63. The highest BCUT2D eigenvalue weighted by Gasteiger charge is 2.57. The molecule has 0 spiro atoms. The van der Waals surface area contributed by atoms with E-state index in [1.54, 1.807) is 0 Å². The standard InChI is InChI=1S/C10H13ClO/c1-10(2)7(6-4-3-5-6)8(10)9(11)12/h8H,3-5H2,1-2H3/t8-/m1/s1. The Morgan fingerprint density at radius 2 is 2.08 bits per heavy atom. The first-order chi connectivity index (χ1) is 5.55. The fraction of sp³-hybridized carbons (Fsp3) is 0.700. The molecule has 1 nitrogen and oxygen atoms in total. The van der Waals surface area contributed by atoms with Crippen LogP contribution in [0.1, 0.15) is 33.1 Å². The van der Waals surface area contributed by atoms with Crippen molar-refractivity contribution in [3.63, 3.8) is 0 Å². The average Bonchev–Trinajstić information content (AvgIpc) is 2.30. The van der Waals surface area contributed by atoms with E-state index >= 15 is 0 Å². The molecule has 0 aromatic rings. The second kappa shape index (κ2) is 2.35. The third kappa shape index (κ3) is 0.957. The summed E-state index contributed by atoms with van der Waals surface area (Å²) in [6.07, 6.45) is 3.68. The zero-order chi connectivity index (χ0) is 8.93. The van der Waals surface area contributed by atoms with Crippen LogP contribution in [-0.2, 0) is 4.79 Å². The molecule has 0 N–H and O–H groups in total. The topological polar surface area (TPSA) is 17.1 Å². The lowest BCUT2D eigenvalue weighted by atomic mass is 9.90. The molecule has 0 aromatic carbocycles. The zero-order valence-electron chi connectivity index (χ0n) is 7.48. The van der Waals surface area contributed by atoms with Crippen molar-refractivity contribution in [3.8, 4) is 0 Å². The fourth-order valence-electron chi connectivity index (χ4n) is 2.23. The molecule has 2 fully saturated rings. The maximum absolute atomic E-state index is 11.0. The van der Waals surface area contributed by atoms with E-state index in [-0.39, 0.29) is 16.6 Å². The number of carbonyl (C=O) groups excluding carboxylic acids is 1. The van der Waals surface area contributed by atoms with Crippen molar-refractivity contribution < 1.29 is 4.79 Å². The molecule has 2 rings (SSSR count). The first-order valence-corrected chi connectivity index (χ1v) is 4.84. The monoisotopic (exact) mass is 184 g/mol. The van der Waals surface area contributed by atoms with E-state index in [0.717, 1.165) is 0 Å². The van der Waals surface area contributed by atoms with Gasteiger partial charge in [0.25, 0.3) is 0 Å². The van der Waals surface area contributed by atoms with Crippen LogP contribution in [0.3, 0.4) is 0 Å². The van der Waals surface area contributed by atoms with Gasteiger partial charge >= 0.3 is 0 Å². The summed E-state index contributed by atoms with van der Waals surface area (Å²) in [6.45, 7) is 4.22. The van der Waals surface area contributed by atoms with Crippen LogP contribution in [0, 0.1) is 11.3 Å². The summed E-state index contributed by atoms with van der Waals surface area (Å²) in [6, 6.07) is 0. The summed E-state index contributed by atoms with van der Waals surface area (Å²) in [4.78, 5) is 11.0. The van der Waals surface area contributed by atoms with Crippen molar-refractivity contribution in [3.05, 3.63) is 11.1 Å². The van der Waals surface area contributed by atoms with Gasteiger partial charge in [-0.05, 0) is 30.9 Å². The van der Waals surface area contributed by atoms with Gasteiger partial charge in [0.1, 0.15) is 0 Å². The summed E-state index contributed by atoms with van der Waals surface area (Å²) in [5.41, 5.74) is 2.92. The predicted molar refractivity (Wildman–Crippen MR) is 49.0 cm³/mol. The van der Waals surface area contributed by atoms with Crippen LogP contribution in [0.2, 0.25) is 0 Å². The Labute approximate surface area is 77.8 Å². The lowest BCUT2D eigenvalue weighted by molar-refractivity contribution is -0.113. The largest absolute Gasteiger partial charge is 0.281 e. The van der Waals surface area contributed by atoms with Crippen molar-refractivity contribution in [1.82, 2.24) is 0 Å². The second-order valence-electron chi connectivity index (χ2n) is 4.33. The highest BCUT2D eigenvalue weighted by molar-refractivity contribution is 6.65. The normalized spacial score (nSPS) is 31.4.